The minimum absolute atomic E-state index is 0.00641. The molecule has 6 heteroatoms. The number of sulfone groups is 1. The van der Waals surface area contributed by atoms with Gasteiger partial charge in [0.15, 0.2) is 0 Å². The molecule has 84 valence electrons. The molecule has 0 atom stereocenters. The molecule has 0 spiro atoms. The minimum atomic E-state index is -3.23. The van der Waals surface area contributed by atoms with Gasteiger partial charge in [-0.25, -0.2) is 13.4 Å². The molecule has 0 unspecified atom stereocenters. The second-order valence-electron chi connectivity index (χ2n) is 4.02. The topological polar surface area (TPSA) is 59.9 Å². The predicted octanol–water partition coefficient (Wildman–Crippen LogP) is 1.99. The van der Waals surface area contributed by atoms with Crippen molar-refractivity contribution in [3.8, 4) is 0 Å². The third-order valence-corrected chi connectivity index (χ3v) is 4.55. The largest absolute Gasteiger partial charge is 0.258 e. The van der Waals surface area contributed by atoms with Crippen molar-refractivity contribution < 1.29 is 8.42 Å². The summed E-state index contributed by atoms with van der Waals surface area (Å²) in [5, 5.41) is 0.892. The van der Waals surface area contributed by atoms with Crippen molar-refractivity contribution in [2.24, 2.45) is 0 Å². The summed E-state index contributed by atoms with van der Waals surface area (Å²) in [4.78, 5) is 4.12. The normalized spacial score (nSPS) is 19.3. The van der Waals surface area contributed by atoms with Crippen molar-refractivity contribution in [2.45, 2.75) is 43.2 Å². The Morgan fingerprint density at radius 3 is 2.47 bits per heavy atom. The maximum Gasteiger partial charge on any atom is 0.258 e. The van der Waals surface area contributed by atoms with E-state index in [0.29, 0.717) is 5.92 Å². The molecule has 15 heavy (non-hydrogen) atoms. The van der Waals surface area contributed by atoms with E-state index >= 15 is 0 Å². The standard InChI is InChI=1S/C9H14N2O2S2/c1-15(12,13)9-10-8(14-11-9)7-5-3-2-4-6-7/h7H,2-6H2,1H3. The van der Waals surface area contributed by atoms with Gasteiger partial charge in [0, 0.05) is 12.2 Å². The van der Waals surface area contributed by atoms with Crippen LogP contribution in [0.1, 0.15) is 43.0 Å². The van der Waals surface area contributed by atoms with Gasteiger partial charge < -0.3 is 0 Å². The quantitative estimate of drug-likeness (QED) is 0.800. The molecule has 0 N–H and O–H groups in total. The average molecular weight is 246 g/mol. The molecule has 0 radical (unpaired) electrons. The van der Waals surface area contributed by atoms with Crippen LogP contribution in [0.2, 0.25) is 0 Å². The van der Waals surface area contributed by atoms with Gasteiger partial charge in [0.25, 0.3) is 5.16 Å². The average Bonchev–Trinajstić information content (AvgIpc) is 2.67. The van der Waals surface area contributed by atoms with Gasteiger partial charge in [0.2, 0.25) is 9.84 Å². The van der Waals surface area contributed by atoms with Crippen molar-refractivity contribution in [3.63, 3.8) is 0 Å². The van der Waals surface area contributed by atoms with E-state index in [2.05, 4.69) is 9.36 Å². The molecule has 4 nitrogen and oxygen atoms in total. The highest BCUT2D eigenvalue weighted by molar-refractivity contribution is 7.90. The van der Waals surface area contributed by atoms with Crippen molar-refractivity contribution in [2.75, 3.05) is 6.26 Å². The summed E-state index contributed by atoms with van der Waals surface area (Å²) >= 11 is 1.24. The van der Waals surface area contributed by atoms with Gasteiger partial charge in [0.05, 0.1) is 0 Å². The van der Waals surface area contributed by atoms with Crippen LogP contribution in [0.3, 0.4) is 0 Å². The highest BCUT2D eigenvalue weighted by Gasteiger charge is 2.22. The van der Waals surface area contributed by atoms with Crippen molar-refractivity contribution in [1.82, 2.24) is 9.36 Å². The number of nitrogens with zero attached hydrogens (tertiary/aromatic N) is 2. The Bertz CT molecular complexity index is 433. The third-order valence-electron chi connectivity index (χ3n) is 2.71. The lowest BCUT2D eigenvalue weighted by atomic mass is 9.90. The van der Waals surface area contributed by atoms with E-state index in [9.17, 15) is 8.42 Å². The molecule has 1 fully saturated rings. The van der Waals surface area contributed by atoms with E-state index in [1.807, 2.05) is 0 Å². The van der Waals surface area contributed by atoms with Gasteiger partial charge in [-0.15, -0.1) is 0 Å². The summed E-state index contributed by atoms with van der Waals surface area (Å²) in [6, 6.07) is 0. The van der Waals surface area contributed by atoms with E-state index < -0.39 is 9.84 Å². The van der Waals surface area contributed by atoms with Crippen LogP contribution in [0.5, 0.6) is 0 Å². The molecule has 0 amide bonds. The molecule has 0 bridgehead atoms. The Labute approximate surface area is 93.8 Å². The highest BCUT2D eigenvalue weighted by atomic mass is 32.2. The Hall–Kier alpha value is -0.490. The van der Waals surface area contributed by atoms with Crippen LogP contribution in [0.25, 0.3) is 0 Å². The lowest BCUT2D eigenvalue weighted by Crippen LogP contribution is -2.05. The number of aromatic nitrogens is 2. The van der Waals surface area contributed by atoms with Crippen LogP contribution < -0.4 is 0 Å². The van der Waals surface area contributed by atoms with Gasteiger partial charge in [-0.05, 0) is 24.4 Å². The summed E-state index contributed by atoms with van der Waals surface area (Å²) in [7, 11) is -3.23. The molecule has 1 heterocycles. The summed E-state index contributed by atoms with van der Waals surface area (Å²) in [5.41, 5.74) is 0. The maximum absolute atomic E-state index is 11.2. The first-order valence-corrected chi connectivity index (χ1v) is 7.77. The van der Waals surface area contributed by atoms with E-state index in [-0.39, 0.29) is 5.16 Å². The molecule has 1 aromatic rings. The van der Waals surface area contributed by atoms with Crippen molar-refractivity contribution in [1.29, 1.82) is 0 Å². The van der Waals surface area contributed by atoms with E-state index in [4.69, 9.17) is 0 Å². The lowest BCUT2D eigenvalue weighted by molar-refractivity contribution is 0.441. The Balaban J connectivity index is 2.19. The SMILES string of the molecule is CS(=O)(=O)c1nsc(C2CCCCC2)n1. The molecule has 0 aliphatic heterocycles. The van der Waals surface area contributed by atoms with Crippen LogP contribution in [0.4, 0.5) is 0 Å². The molecular formula is C9H14N2O2S2. The Kier molecular flexibility index (Phi) is 3.06. The van der Waals surface area contributed by atoms with Crippen LogP contribution >= 0.6 is 11.5 Å². The first-order chi connectivity index (χ1) is 7.07. The van der Waals surface area contributed by atoms with Gasteiger partial charge in [-0.1, -0.05) is 19.3 Å². The molecule has 0 aromatic carbocycles. The monoisotopic (exact) mass is 246 g/mol. The van der Waals surface area contributed by atoms with Crippen LogP contribution in [-0.4, -0.2) is 24.0 Å². The fourth-order valence-corrected chi connectivity index (χ4v) is 3.59. The van der Waals surface area contributed by atoms with Gasteiger partial charge in [-0.2, -0.15) is 4.37 Å². The van der Waals surface area contributed by atoms with Crippen LogP contribution in [-0.2, 0) is 9.84 Å². The van der Waals surface area contributed by atoms with Gasteiger partial charge in [0.1, 0.15) is 5.01 Å². The molecule has 1 saturated carbocycles. The first-order valence-electron chi connectivity index (χ1n) is 5.11. The smallest absolute Gasteiger partial charge is 0.221 e. The predicted molar refractivity (Wildman–Crippen MR) is 58.8 cm³/mol. The van der Waals surface area contributed by atoms with E-state index in [0.717, 1.165) is 24.1 Å². The summed E-state index contributed by atoms with van der Waals surface area (Å²) < 4.78 is 26.3. The summed E-state index contributed by atoms with van der Waals surface area (Å²) in [5.74, 6) is 0.437. The summed E-state index contributed by atoms with van der Waals surface area (Å²) in [6.45, 7) is 0. The maximum atomic E-state index is 11.2. The van der Waals surface area contributed by atoms with Gasteiger partial charge >= 0.3 is 0 Å². The van der Waals surface area contributed by atoms with Crippen LogP contribution in [0.15, 0.2) is 5.16 Å². The minimum Gasteiger partial charge on any atom is -0.221 e. The van der Waals surface area contributed by atoms with Gasteiger partial charge in [-0.3, -0.25) is 0 Å². The third kappa shape index (κ3) is 2.55. The number of hydrogen-bond donors (Lipinski definition) is 0. The zero-order chi connectivity index (χ0) is 10.9. The molecule has 1 aliphatic rings. The second-order valence-corrected chi connectivity index (χ2v) is 6.72. The van der Waals surface area contributed by atoms with Crippen molar-refractivity contribution >= 4 is 21.4 Å². The Morgan fingerprint density at radius 1 is 1.27 bits per heavy atom. The summed E-state index contributed by atoms with van der Waals surface area (Å²) in [6.07, 6.45) is 7.13. The van der Waals surface area contributed by atoms with E-state index in [1.54, 1.807) is 0 Å². The van der Waals surface area contributed by atoms with Crippen molar-refractivity contribution in [3.05, 3.63) is 5.01 Å². The molecule has 1 aromatic heterocycles. The second kappa shape index (κ2) is 4.17. The van der Waals surface area contributed by atoms with E-state index in [1.165, 1.54) is 30.8 Å². The molecular weight excluding hydrogens is 232 g/mol. The first kappa shape index (κ1) is 11.0. The number of hydrogen-bond acceptors (Lipinski definition) is 5. The fourth-order valence-electron chi connectivity index (χ4n) is 1.89. The zero-order valence-electron chi connectivity index (χ0n) is 8.64. The molecule has 1 aliphatic carbocycles. The lowest BCUT2D eigenvalue weighted by Gasteiger charge is -2.18. The number of rotatable bonds is 2. The zero-order valence-corrected chi connectivity index (χ0v) is 10.3. The molecule has 2 rings (SSSR count). The van der Waals surface area contributed by atoms with Crippen LogP contribution in [0, 0.1) is 0 Å². The molecule has 0 saturated heterocycles. The highest BCUT2D eigenvalue weighted by Crippen LogP contribution is 2.33. The fraction of sp³-hybridized carbons (Fsp3) is 0.778. The Morgan fingerprint density at radius 2 is 1.93 bits per heavy atom.